The third-order valence-electron chi connectivity index (χ3n) is 4.29. The molecule has 2 fully saturated rings. The molecule has 1 aromatic heterocycles. The summed E-state index contributed by atoms with van der Waals surface area (Å²) in [4.78, 5) is 16.7. The first-order valence-electron chi connectivity index (χ1n) is 7.68. The zero-order chi connectivity index (χ0) is 14.7. The van der Waals surface area contributed by atoms with Gasteiger partial charge in [0.05, 0.1) is 19.4 Å². The molecule has 3 rings (SSSR count). The van der Waals surface area contributed by atoms with E-state index in [0.717, 1.165) is 39.3 Å². The van der Waals surface area contributed by atoms with Crippen LogP contribution in [0, 0.1) is 0 Å². The molecule has 21 heavy (non-hydrogen) atoms. The van der Waals surface area contributed by atoms with Crippen LogP contribution in [-0.4, -0.2) is 67.7 Å². The number of hydrogen-bond acceptors (Lipinski definition) is 6. The lowest BCUT2D eigenvalue weighted by Gasteiger charge is -2.43. The molecule has 0 aliphatic carbocycles. The van der Waals surface area contributed by atoms with Crippen LogP contribution < -0.4 is 5.32 Å². The van der Waals surface area contributed by atoms with Crippen molar-refractivity contribution in [3.8, 4) is 0 Å². The Morgan fingerprint density at radius 3 is 2.76 bits per heavy atom. The number of piperazine rings is 1. The molecule has 0 bridgehead atoms. The molecule has 0 unspecified atom stereocenters. The van der Waals surface area contributed by atoms with Gasteiger partial charge in [0.2, 0.25) is 0 Å². The second kappa shape index (κ2) is 6.60. The molecular weight excluding hydrogens is 270 g/mol. The number of esters is 1. The highest BCUT2D eigenvalue weighted by Gasteiger charge is 2.28. The Labute approximate surface area is 125 Å². The largest absolute Gasteiger partial charge is 0.467 e. The van der Waals surface area contributed by atoms with Gasteiger partial charge in [-0.05, 0) is 13.0 Å². The average Bonchev–Trinajstić information content (AvgIpc) is 2.87. The van der Waals surface area contributed by atoms with E-state index in [1.165, 1.54) is 0 Å². The normalized spacial score (nSPS) is 21.2. The van der Waals surface area contributed by atoms with E-state index in [0.29, 0.717) is 30.5 Å². The minimum Gasteiger partial charge on any atom is -0.467 e. The minimum absolute atomic E-state index is 0.291. The maximum atomic E-state index is 11.8. The highest BCUT2D eigenvalue weighted by atomic mass is 16.5. The van der Waals surface area contributed by atoms with Gasteiger partial charge in [0.25, 0.3) is 0 Å². The standard InChI is InChI=1S/C15H23N3O3/c1-2-20-15(19)13-3-8-21-14(13)11-17-4-6-18(7-5-17)12-9-16-10-12/h3,8,12,16H,2,4-7,9-11H2,1H3. The van der Waals surface area contributed by atoms with Crippen LogP contribution in [0.4, 0.5) is 0 Å². The van der Waals surface area contributed by atoms with Crippen LogP contribution in [-0.2, 0) is 11.3 Å². The van der Waals surface area contributed by atoms with Crippen LogP contribution in [0.3, 0.4) is 0 Å². The maximum Gasteiger partial charge on any atom is 0.341 e. The lowest BCUT2D eigenvalue weighted by molar-refractivity contribution is 0.0513. The van der Waals surface area contributed by atoms with E-state index >= 15 is 0 Å². The van der Waals surface area contributed by atoms with E-state index in [4.69, 9.17) is 9.15 Å². The Balaban J connectivity index is 1.53. The van der Waals surface area contributed by atoms with Crippen LogP contribution in [0.5, 0.6) is 0 Å². The van der Waals surface area contributed by atoms with Crippen LogP contribution in [0.2, 0.25) is 0 Å². The van der Waals surface area contributed by atoms with Crippen molar-refractivity contribution in [2.45, 2.75) is 19.5 Å². The summed E-state index contributed by atoms with van der Waals surface area (Å²) in [5.41, 5.74) is 0.558. The predicted octanol–water partition coefficient (Wildman–Crippen LogP) is 0.546. The molecular formula is C15H23N3O3. The van der Waals surface area contributed by atoms with Gasteiger partial charge in [-0.3, -0.25) is 9.80 Å². The number of nitrogens with one attached hydrogen (secondary N) is 1. The zero-order valence-electron chi connectivity index (χ0n) is 12.5. The summed E-state index contributed by atoms with van der Waals surface area (Å²) in [5.74, 6) is 0.424. The molecule has 6 nitrogen and oxygen atoms in total. The summed E-state index contributed by atoms with van der Waals surface area (Å²) in [6.07, 6.45) is 1.57. The summed E-state index contributed by atoms with van der Waals surface area (Å²) in [5, 5.41) is 3.32. The van der Waals surface area contributed by atoms with Gasteiger partial charge in [0.1, 0.15) is 11.3 Å². The predicted molar refractivity (Wildman–Crippen MR) is 78.2 cm³/mol. The molecule has 0 spiro atoms. The summed E-state index contributed by atoms with van der Waals surface area (Å²) in [6.45, 7) is 9.31. The van der Waals surface area contributed by atoms with Crippen molar-refractivity contribution in [3.05, 3.63) is 23.7 Å². The first kappa shape index (κ1) is 14.6. The summed E-state index contributed by atoms with van der Waals surface area (Å²) in [6, 6.07) is 2.41. The monoisotopic (exact) mass is 293 g/mol. The summed E-state index contributed by atoms with van der Waals surface area (Å²) >= 11 is 0. The Morgan fingerprint density at radius 2 is 2.14 bits per heavy atom. The van der Waals surface area contributed by atoms with Crippen LogP contribution in [0.15, 0.2) is 16.7 Å². The Morgan fingerprint density at radius 1 is 1.38 bits per heavy atom. The molecule has 2 saturated heterocycles. The molecule has 3 heterocycles. The van der Waals surface area contributed by atoms with Crippen LogP contribution in [0.1, 0.15) is 23.0 Å². The molecule has 0 amide bonds. The quantitative estimate of drug-likeness (QED) is 0.800. The molecule has 0 saturated carbocycles. The smallest absolute Gasteiger partial charge is 0.341 e. The van der Waals surface area contributed by atoms with Gasteiger partial charge in [-0.2, -0.15) is 0 Å². The van der Waals surface area contributed by atoms with Gasteiger partial charge in [-0.1, -0.05) is 0 Å². The molecule has 2 aliphatic heterocycles. The second-order valence-corrected chi connectivity index (χ2v) is 5.60. The highest BCUT2D eigenvalue weighted by Crippen LogP contribution is 2.17. The lowest BCUT2D eigenvalue weighted by atomic mass is 10.1. The number of furan rings is 1. The summed E-state index contributed by atoms with van der Waals surface area (Å²) < 4.78 is 10.5. The van der Waals surface area contributed by atoms with Crippen molar-refractivity contribution in [2.75, 3.05) is 45.9 Å². The van der Waals surface area contributed by atoms with Crippen molar-refractivity contribution >= 4 is 5.97 Å². The number of rotatable bonds is 5. The Kier molecular flexibility index (Phi) is 4.57. The molecule has 0 aromatic carbocycles. The van der Waals surface area contributed by atoms with E-state index in [-0.39, 0.29) is 5.97 Å². The van der Waals surface area contributed by atoms with Crippen molar-refractivity contribution < 1.29 is 13.9 Å². The average molecular weight is 293 g/mol. The number of ether oxygens (including phenoxy) is 1. The van der Waals surface area contributed by atoms with Gasteiger partial charge in [-0.25, -0.2) is 4.79 Å². The van der Waals surface area contributed by atoms with Crippen molar-refractivity contribution in [1.29, 1.82) is 0 Å². The van der Waals surface area contributed by atoms with E-state index in [1.807, 2.05) is 6.92 Å². The Bertz CT molecular complexity index is 476. The molecule has 2 aliphatic rings. The molecule has 1 N–H and O–H groups in total. The Hall–Kier alpha value is -1.37. The lowest BCUT2D eigenvalue weighted by Crippen LogP contribution is -2.61. The molecule has 0 atom stereocenters. The van der Waals surface area contributed by atoms with Gasteiger partial charge >= 0.3 is 5.97 Å². The maximum absolute atomic E-state index is 11.8. The minimum atomic E-state index is -0.291. The van der Waals surface area contributed by atoms with Gasteiger partial charge < -0.3 is 14.5 Å². The van der Waals surface area contributed by atoms with E-state index in [9.17, 15) is 4.79 Å². The first-order chi connectivity index (χ1) is 10.3. The number of hydrogen-bond donors (Lipinski definition) is 1. The van der Waals surface area contributed by atoms with Crippen LogP contribution >= 0.6 is 0 Å². The van der Waals surface area contributed by atoms with Crippen molar-refractivity contribution in [3.63, 3.8) is 0 Å². The zero-order valence-corrected chi connectivity index (χ0v) is 12.5. The van der Waals surface area contributed by atoms with Gasteiger partial charge in [-0.15, -0.1) is 0 Å². The number of carbonyl (C=O) groups excluding carboxylic acids is 1. The van der Waals surface area contributed by atoms with Gasteiger partial charge in [0.15, 0.2) is 0 Å². The fraction of sp³-hybridized carbons (Fsp3) is 0.667. The van der Waals surface area contributed by atoms with E-state index in [1.54, 1.807) is 12.3 Å². The SMILES string of the molecule is CCOC(=O)c1ccoc1CN1CCN(C2CNC2)CC1. The third-order valence-corrected chi connectivity index (χ3v) is 4.29. The highest BCUT2D eigenvalue weighted by molar-refractivity contribution is 5.90. The summed E-state index contributed by atoms with van der Waals surface area (Å²) in [7, 11) is 0. The molecule has 6 heteroatoms. The molecule has 0 radical (unpaired) electrons. The topological polar surface area (TPSA) is 58.0 Å². The van der Waals surface area contributed by atoms with Crippen molar-refractivity contribution in [1.82, 2.24) is 15.1 Å². The molecule has 116 valence electrons. The van der Waals surface area contributed by atoms with Crippen LogP contribution in [0.25, 0.3) is 0 Å². The fourth-order valence-corrected chi connectivity index (χ4v) is 2.88. The van der Waals surface area contributed by atoms with Crippen molar-refractivity contribution in [2.24, 2.45) is 0 Å². The van der Waals surface area contributed by atoms with E-state index < -0.39 is 0 Å². The molecule has 1 aromatic rings. The second-order valence-electron chi connectivity index (χ2n) is 5.60. The van der Waals surface area contributed by atoms with E-state index in [2.05, 4.69) is 15.1 Å². The number of carbonyl (C=O) groups is 1. The fourth-order valence-electron chi connectivity index (χ4n) is 2.88. The number of nitrogens with zero attached hydrogens (tertiary/aromatic N) is 2. The first-order valence-corrected chi connectivity index (χ1v) is 7.68. The van der Waals surface area contributed by atoms with Gasteiger partial charge in [0, 0.05) is 45.3 Å². The third kappa shape index (κ3) is 3.28.